The molecular formula is C24H21F3N2O4. The number of Topliss-reactive ketones (excluding diaryl/α,β-unsaturated/α-hetero) is 1. The molecule has 33 heavy (non-hydrogen) atoms. The second kappa shape index (κ2) is 8.03. The molecule has 0 bridgehead atoms. The van der Waals surface area contributed by atoms with Gasteiger partial charge in [0.1, 0.15) is 41.3 Å². The third-order valence-electron chi connectivity index (χ3n) is 5.58. The Morgan fingerprint density at radius 2 is 2.00 bits per heavy atom. The quantitative estimate of drug-likeness (QED) is 0.665. The van der Waals surface area contributed by atoms with E-state index in [-0.39, 0.29) is 41.4 Å². The zero-order chi connectivity index (χ0) is 24.0. The molecule has 1 aliphatic carbocycles. The molecule has 1 aromatic heterocycles. The SMILES string of the molecule is CC1(C)CC(=O)C2=C(C1)OC(N)=C(C#N)C2c1ccc(COc2cccc(C(F)(F)F)c2)o1. The molecule has 4 rings (SSSR count). The highest BCUT2D eigenvalue weighted by Crippen LogP contribution is 2.48. The van der Waals surface area contributed by atoms with Gasteiger partial charge in [0, 0.05) is 18.4 Å². The van der Waals surface area contributed by atoms with Crippen LogP contribution in [0.3, 0.4) is 0 Å². The number of benzene rings is 1. The van der Waals surface area contributed by atoms with Crippen molar-refractivity contribution in [3.05, 3.63) is 76.3 Å². The molecule has 172 valence electrons. The van der Waals surface area contributed by atoms with Crippen LogP contribution >= 0.6 is 0 Å². The first-order valence-corrected chi connectivity index (χ1v) is 10.2. The first-order valence-electron chi connectivity index (χ1n) is 10.2. The topological polar surface area (TPSA) is 98.5 Å². The molecule has 2 aromatic rings. The zero-order valence-corrected chi connectivity index (χ0v) is 18.0. The lowest BCUT2D eigenvalue weighted by Gasteiger charge is -2.36. The van der Waals surface area contributed by atoms with Crippen LogP contribution in [0.1, 0.15) is 49.7 Å². The van der Waals surface area contributed by atoms with Crippen molar-refractivity contribution in [2.45, 2.75) is 45.4 Å². The molecule has 6 nitrogen and oxygen atoms in total. The fraction of sp³-hybridized carbons (Fsp3) is 0.333. The highest BCUT2D eigenvalue weighted by molar-refractivity contribution is 5.99. The normalized spacial score (nSPS) is 20.2. The van der Waals surface area contributed by atoms with E-state index < -0.39 is 17.7 Å². The molecule has 0 spiro atoms. The Bertz CT molecular complexity index is 1210. The molecule has 0 fully saturated rings. The average Bonchev–Trinajstić information content (AvgIpc) is 3.18. The maximum Gasteiger partial charge on any atom is 0.416 e. The summed E-state index contributed by atoms with van der Waals surface area (Å²) in [6.45, 7) is 3.75. The molecule has 1 unspecified atom stereocenters. The number of furan rings is 1. The predicted octanol–water partition coefficient (Wildman–Crippen LogP) is 5.33. The molecule has 2 aliphatic rings. The average molecular weight is 458 g/mol. The Labute approximate surface area is 188 Å². The number of ketones is 1. The third-order valence-corrected chi connectivity index (χ3v) is 5.58. The fourth-order valence-corrected chi connectivity index (χ4v) is 4.11. The van der Waals surface area contributed by atoms with Gasteiger partial charge in [0.05, 0.1) is 11.5 Å². The van der Waals surface area contributed by atoms with Gasteiger partial charge < -0.3 is 19.6 Å². The number of rotatable bonds is 4. The fourth-order valence-electron chi connectivity index (χ4n) is 4.11. The van der Waals surface area contributed by atoms with Crippen molar-refractivity contribution >= 4 is 5.78 Å². The van der Waals surface area contributed by atoms with Crippen molar-refractivity contribution < 1.29 is 31.9 Å². The standard InChI is InChI=1S/C24H21F3N2O4/c1-23(2)9-17(30)21-19(10-23)33-22(29)16(11-28)20(21)18-7-6-15(32-18)12-31-14-5-3-4-13(8-14)24(25,26)27/h3-8,20H,9-10,12,29H2,1-2H3. The summed E-state index contributed by atoms with van der Waals surface area (Å²) in [6, 6.07) is 9.72. The van der Waals surface area contributed by atoms with E-state index in [1.54, 1.807) is 12.1 Å². The number of nitrogens with two attached hydrogens (primary N) is 1. The minimum absolute atomic E-state index is 0.0328. The van der Waals surface area contributed by atoms with Crippen LogP contribution in [0.2, 0.25) is 0 Å². The monoisotopic (exact) mass is 458 g/mol. The number of nitriles is 1. The Hall–Kier alpha value is -3.67. The van der Waals surface area contributed by atoms with Crippen LogP contribution in [0.4, 0.5) is 13.2 Å². The Kier molecular flexibility index (Phi) is 5.48. The molecule has 2 heterocycles. The van der Waals surface area contributed by atoms with E-state index in [4.69, 9.17) is 19.6 Å². The Morgan fingerprint density at radius 3 is 2.70 bits per heavy atom. The lowest BCUT2D eigenvalue weighted by molar-refractivity contribution is -0.137. The maximum atomic E-state index is 13.0. The largest absolute Gasteiger partial charge is 0.486 e. The van der Waals surface area contributed by atoms with Crippen LogP contribution in [0.15, 0.2) is 63.6 Å². The van der Waals surface area contributed by atoms with Crippen LogP contribution in [0.25, 0.3) is 0 Å². The maximum absolute atomic E-state index is 13.0. The highest BCUT2D eigenvalue weighted by atomic mass is 19.4. The van der Waals surface area contributed by atoms with Gasteiger partial charge in [0.2, 0.25) is 5.88 Å². The van der Waals surface area contributed by atoms with Crippen molar-refractivity contribution in [3.8, 4) is 11.8 Å². The smallest absolute Gasteiger partial charge is 0.416 e. The molecule has 9 heteroatoms. The van der Waals surface area contributed by atoms with E-state index in [2.05, 4.69) is 0 Å². The van der Waals surface area contributed by atoms with Gasteiger partial charge in [-0.3, -0.25) is 4.79 Å². The second-order valence-corrected chi connectivity index (χ2v) is 8.82. The van der Waals surface area contributed by atoms with E-state index in [0.717, 1.165) is 12.1 Å². The molecule has 1 atom stereocenters. The van der Waals surface area contributed by atoms with Gasteiger partial charge in [0.15, 0.2) is 5.78 Å². The van der Waals surface area contributed by atoms with E-state index in [0.29, 0.717) is 29.3 Å². The summed E-state index contributed by atoms with van der Waals surface area (Å²) in [5.74, 6) is 0.0389. The van der Waals surface area contributed by atoms with Gasteiger partial charge in [-0.1, -0.05) is 19.9 Å². The summed E-state index contributed by atoms with van der Waals surface area (Å²) in [7, 11) is 0. The molecule has 1 aromatic carbocycles. The predicted molar refractivity (Wildman–Crippen MR) is 110 cm³/mol. The third kappa shape index (κ3) is 4.46. The van der Waals surface area contributed by atoms with Gasteiger partial charge in [-0.15, -0.1) is 0 Å². The van der Waals surface area contributed by atoms with Crippen LogP contribution in [0.5, 0.6) is 5.75 Å². The van der Waals surface area contributed by atoms with Crippen molar-refractivity contribution in [2.75, 3.05) is 0 Å². The van der Waals surface area contributed by atoms with Crippen LogP contribution in [-0.2, 0) is 22.3 Å². The summed E-state index contributed by atoms with van der Waals surface area (Å²) in [5.41, 5.74) is 5.27. The number of halogens is 3. The van der Waals surface area contributed by atoms with Crippen molar-refractivity contribution in [3.63, 3.8) is 0 Å². The van der Waals surface area contributed by atoms with Gasteiger partial charge in [0.25, 0.3) is 0 Å². The summed E-state index contributed by atoms with van der Waals surface area (Å²) in [5, 5.41) is 9.66. The summed E-state index contributed by atoms with van der Waals surface area (Å²) >= 11 is 0. The molecule has 0 saturated heterocycles. The zero-order valence-electron chi connectivity index (χ0n) is 18.0. The summed E-state index contributed by atoms with van der Waals surface area (Å²) in [4.78, 5) is 13.0. The van der Waals surface area contributed by atoms with E-state index >= 15 is 0 Å². The number of hydrogen-bond donors (Lipinski definition) is 1. The second-order valence-electron chi connectivity index (χ2n) is 8.82. The molecule has 2 N–H and O–H groups in total. The van der Waals surface area contributed by atoms with Crippen molar-refractivity contribution in [2.24, 2.45) is 11.1 Å². The minimum Gasteiger partial charge on any atom is -0.486 e. The minimum atomic E-state index is -4.48. The van der Waals surface area contributed by atoms with E-state index in [9.17, 15) is 23.2 Å². The number of nitrogens with zero attached hydrogens (tertiary/aromatic N) is 1. The number of carbonyl (C=O) groups is 1. The number of ether oxygens (including phenoxy) is 2. The van der Waals surface area contributed by atoms with Crippen molar-refractivity contribution in [1.82, 2.24) is 0 Å². The van der Waals surface area contributed by atoms with Gasteiger partial charge in [-0.25, -0.2) is 0 Å². The molecule has 0 radical (unpaired) electrons. The molecular weight excluding hydrogens is 437 g/mol. The first kappa shape index (κ1) is 22.5. The van der Waals surface area contributed by atoms with Gasteiger partial charge in [-0.05, 0) is 35.7 Å². The molecule has 0 amide bonds. The summed E-state index contributed by atoms with van der Waals surface area (Å²) < 4.78 is 55.6. The van der Waals surface area contributed by atoms with Gasteiger partial charge in [-0.2, -0.15) is 18.4 Å². The van der Waals surface area contributed by atoms with Gasteiger partial charge >= 0.3 is 6.18 Å². The highest BCUT2D eigenvalue weighted by Gasteiger charge is 2.44. The molecule has 1 aliphatic heterocycles. The lowest BCUT2D eigenvalue weighted by atomic mass is 9.71. The Morgan fingerprint density at radius 1 is 1.24 bits per heavy atom. The molecule has 0 saturated carbocycles. The lowest BCUT2D eigenvalue weighted by Crippen LogP contribution is -2.33. The van der Waals surface area contributed by atoms with Crippen LogP contribution < -0.4 is 10.5 Å². The first-order chi connectivity index (χ1) is 15.5. The van der Waals surface area contributed by atoms with Crippen LogP contribution in [-0.4, -0.2) is 5.78 Å². The van der Waals surface area contributed by atoms with Crippen LogP contribution in [0, 0.1) is 16.7 Å². The number of alkyl halides is 3. The Balaban J connectivity index is 1.60. The summed E-state index contributed by atoms with van der Waals surface area (Å²) in [6.07, 6.45) is -3.71. The number of carbonyl (C=O) groups excluding carboxylic acids is 1. The number of hydrogen-bond acceptors (Lipinski definition) is 6. The van der Waals surface area contributed by atoms with E-state index in [1.165, 1.54) is 12.1 Å². The van der Waals surface area contributed by atoms with Crippen molar-refractivity contribution in [1.29, 1.82) is 5.26 Å². The van der Waals surface area contributed by atoms with E-state index in [1.807, 2.05) is 19.9 Å². The number of allylic oxidation sites excluding steroid dienone is 3.